The quantitative estimate of drug-likeness (QED) is 0.787. The molecule has 1 heterocycles. The summed E-state index contributed by atoms with van der Waals surface area (Å²) in [5.74, 6) is 0.0792. The number of imide groups is 1. The van der Waals surface area contributed by atoms with E-state index in [2.05, 4.69) is 15.9 Å². The Morgan fingerprint density at radius 3 is 2.78 bits per heavy atom. The largest absolute Gasteiger partial charge is 0.278 e. The number of rotatable bonds is 2. The van der Waals surface area contributed by atoms with E-state index in [1.807, 2.05) is 19.9 Å². The fraction of sp³-hybridized carbons (Fsp3) is 0.429. The van der Waals surface area contributed by atoms with Gasteiger partial charge in [0.15, 0.2) is 0 Å². The highest BCUT2D eigenvalue weighted by Gasteiger charge is 2.33. The van der Waals surface area contributed by atoms with Gasteiger partial charge in [0.05, 0.1) is 0 Å². The number of nitrogens with zero attached hydrogens (tertiary/aromatic N) is 1. The van der Waals surface area contributed by atoms with Crippen molar-refractivity contribution >= 4 is 27.7 Å². The maximum absolute atomic E-state index is 12.3. The van der Waals surface area contributed by atoms with Crippen molar-refractivity contribution in [2.75, 3.05) is 6.54 Å². The second kappa shape index (κ2) is 5.22. The van der Waals surface area contributed by atoms with Crippen molar-refractivity contribution < 1.29 is 9.59 Å². The van der Waals surface area contributed by atoms with Crippen LogP contribution in [0.5, 0.6) is 0 Å². The number of amides is 2. The van der Waals surface area contributed by atoms with Crippen LogP contribution >= 0.6 is 15.9 Å². The number of hydrogen-bond donors (Lipinski definition) is 0. The predicted octanol–water partition coefficient (Wildman–Crippen LogP) is 3.16. The smallest absolute Gasteiger partial charge is 0.260 e. The highest BCUT2D eigenvalue weighted by Crippen LogP contribution is 2.24. The van der Waals surface area contributed by atoms with Gasteiger partial charge in [0.1, 0.15) is 0 Å². The van der Waals surface area contributed by atoms with Gasteiger partial charge in [-0.3, -0.25) is 14.5 Å². The van der Waals surface area contributed by atoms with Crippen LogP contribution in [-0.4, -0.2) is 23.3 Å². The van der Waals surface area contributed by atoms with Gasteiger partial charge in [-0.05, 0) is 30.5 Å². The fourth-order valence-electron chi connectivity index (χ4n) is 2.13. The second-order valence-electron chi connectivity index (χ2n) is 4.75. The molecule has 0 aromatic heterocycles. The summed E-state index contributed by atoms with van der Waals surface area (Å²) in [5.41, 5.74) is 1.64. The number of carbonyl (C=O) groups is 2. The average Bonchev–Trinajstić information content (AvgIpc) is 2.73. The number of carbonyl (C=O) groups excluding carboxylic acids is 2. The zero-order chi connectivity index (χ0) is 13.3. The third kappa shape index (κ3) is 2.48. The highest BCUT2D eigenvalue weighted by molar-refractivity contribution is 9.10. The molecule has 2 amide bonds. The molecule has 1 aromatic rings. The Labute approximate surface area is 115 Å². The minimum Gasteiger partial charge on any atom is -0.278 e. The molecule has 96 valence electrons. The Hall–Kier alpha value is -1.16. The number of halogens is 1. The number of hydrogen-bond acceptors (Lipinski definition) is 2. The maximum atomic E-state index is 12.3. The third-order valence-electron chi connectivity index (χ3n) is 3.45. The van der Waals surface area contributed by atoms with Crippen LogP contribution in [0.1, 0.15) is 35.7 Å². The first kappa shape index (κ1) is 13.3. The fourth-order valence-corrected chi connectivity index (χ4v) is 2.51. The highest BCUT2D eigenvalue weighted by atomic mass is 79.9. The molecule has 1 aliphatic heterocycles. The molecule has 0 N–H and O–H groups in total. The van der Waals surface area contributed by atoms with E-state index >= 15 is 0 Å². The molecule has 18 heavy (non-hydrogen) atoms. The Morgan fingerprint density at radius 1 is 1.50 bits per heavy atom. The summed E-state index contributed by atoms with van der Waals surface area (Å²) in [6.45, 7) is 4.57. The van der Waals surface area contributed by atoms with Crippen molar-refractivity contribution in [1.29, 1.82) is 0 Å². The molecule has 1 aliphatic rings. The molecule has 2 rings (SSSR count). The summed E-state index contributed by atoms with van der Waals surface area (Å²) in [6, 6.07) is 5.44. The van der Waals surface area contributed by atoms with Crippen molar-refractivity contribution in [3.63, 3.8) is 0 Å². The normalized spacial score (nSPS) is 19.4. The topological polar surface area (TPSA) is 37.4 Å². The molecule has 3 nitrogen and oxygen atoms in total. The average molecular weight is 310 g/mol. The minimum atomic E-state index is -0.184. The molecule has 0 bridgehead atoms. The van der Waals surface area contributed by atoms with E-state index in [1.54, 1.807) is 12.1 Å². The van der Waals surface area contributed by atoms with Gasteiger partial charge in [0.25, 0.3) is 5.91 Å². The van der Waals surface area contributed by atoms with E-state index in [9.17, 15) is 9.59 Å². The van der Waals surface area contributed by atoms with Crippen molar-refractivity contribution in [2.45, 2.75) is 26.7 Å². The predicted molar refractivity (Wildman–Crippen MR) is 73.3 cm³/mol. The first-order valence-corrected chi connectivity index (χ1v) is 6.93. The molecule has 0 saturated carbocycles. The van der Waals surface area contributed by atoms with Crippen LogP contribution in [0, 0.1) is 12.8 Å². The van der Waals surface area contributed by atoms with Gasteiger partial charge in [-0.15, -0.1) is 0 Å². The Kier molecular flexibility index (Phi) is 3.85. The Balaban J connectivity index is 2.21. The van der Waals surface area contributed by atoms with Gasteiger partial charge in [-0.1, -0.05) is 35.3 Å². The molecule has 1 unspecified atom stereocenters. The third-order valence-corrected chi connectivity index (χ3v) is 4.30. The van der Waals surface area contributed by atoms with Crippen LogP contribution < -0.4 is 0 Å². The van der Waals surface area contributed by atoms with Crippen LogP contribution in [0.15, 0.2) is 22.7 Å². The van der Waals surface area contributed by atoms with Gasteiger partial charge in [-0.2, -0.15) is 0 Å². The van der Waals surface area contributed by atoms with Crippen molar-refractivity contribution in [3.8, 4) is 0 Å². The summed E-state index contributed by atoms with van der Waals surface area (Å²) < 4.78 is 0.895. The monoisotopic (exact) mass is 309 g/mol. The number of likely N-dealkylation sites (tertiary alicyclic amines) is 1. The summed E-state index contributed by atoms with van der Waals surface area (Å²) in [5, 5.41) is 0. The lowest BCUT2D eigenvalue weighted by atomic mass is 10.1. The molecule has 0 spiro atoms. The van der Waals surface area contributed by atoms with E-state index < -0.39 is 0 Å². The van der Waals surface area contributed by atoms with Gasteiger partial charge in [0.2, 0.25) is 5.91 Å². The summed E-state index contributed by atoms with van der Waals surface area (Å²) in [6.07, 6.45) is 1.43. The van der Waals surface area contributed by atoms with Crippen LogP contribution in [0.25, 0.3) is 0 Å². The van der Waals surface area contributed by atoms with Gasteiger partial charge >= 0.3 is 0 Å². The minimum absolute atomic E-state index is 0.0523. The van der Waals surface area contributed by atoms with E-state index in [0.717, 1.165) is 16.5 Å². The molecular weight excluding hydrogens is 294 g/mol. The second-order valence-corrected chi connectivity index (χ2v) is 5.61. The SMILES string of the molecule is CCC1CC(=O)N(C(=O)c2ccc(C)c(Br)c2)C1. The van der Waals surface area contributed by atoms with E-state index in [4.69, 9.17) is 0 Å². The molecule has 4 heteroatoms. The zero-order valence-corrected chi connectivity index (χ0v) is 12.2. The van der Waals surface area contributed by atoms with Gasteiger partial charge in [0, 0.05) is 23.0 Å². The summed E-state index contributed by atoms with van der Waals surface area (Å²) in [7, 11) is 0. The first-order chi connectivity index (χ1) is 8.52. The van der Waals surface area contributed by atoms with Crippen molar-refractivity contribution in [2.24, 2.45) is 5.92 Å². The maximum Gasteiger partial charge on any atom is 0.260 e. The molecular formula is C14H16BrNO2. The van der Waals surface area contributed by atoms with Crippen molar-refractivity contribution in [3.05, 3.63) is 33.8 Å². The van der Waals surface area contributed by atoms with Gasteiger partial charge < -0.3 is 0 Å². The molecule has 1 aromatic carbocycles. The van der Waals surface area contributed by atoms with E-state index in [1.165, 1.54) is 4.90 Å². The lowest BCUT2D eigenvalue weighted by molar-refractivity contribution is -0.125. The molecule has 1 saturated heterocycles. The lowest BCUT2D eigenvalue weighted by Crippen LogP contribution is -2.32. The van der Waals surface area contributed by atoms with Crippen LogP contribution in [0.2, 0.25) is 0 Å². The van der Waals surface area contributed by atoms with E-state index in [0.29, 0.717) is 24.4 Å². The molecule has 1 fully saturated rings. The van der Waals surface area contributed by atoms with Crippen LogP contribution in [0.4, 0.5) is 0 Å². The van der Waals surface area contributed by atoms with Crippen LogP contribution in [-0.2, 0) is 4.79 Å². The van der Waals surface area contributed by atoms with Crippen LogP contribution in [0.3, 0.4) is 0 Å². The first-order valence-electron chi connectivity index (χ1n) is 6.13. The zero-order valence-electron chi connectivity index (χ0n) is 10.6. The summed E-state index contributed by atoms with van der Waals surface area (Å²) >= 11 is 3.41. The van der Waals surface area contributed by atoms with Gasteiger partial charge in [-0.25, -0.2) is 0 Å². The standard InChI is InChI=1S/C14H16BrNO2/c1-3-10-6-13(17)16(8-10)14(18)11-5-4-9(2)12(15)7-11/h4-5,7,10H,3,6,8H2,1-2H3. The lowest BCUT2D eigenvalue weighted by Gasteiger charge is -2.15. The molecule has 0 aliphatic carbocycles. The molecule has 0 radical (unpaired) electrons. The van der Waals surface area contributed by atoms with E-state index in [-0.39, 0.29) is 11.8 Å². The molecule has 1 atom stereocenters. The summed E-state index contributed by atoms with van der Waals surface area (Å²) in [4.78, 5) is 25.5. The Bertz CT molecular complexity index is 499. The number of benzene rings is 1. The number of aryl methyl sites for hydroxylation is 1. The van der Waals surface area contributed by atoms with Crippen molar-refractivity contribution in [1.82, 2.24) is 4.90 Å². The Morgan fingerprint density at radius 2 is 2.22 bits per heavy atom.